The van der Waals surface area contributed by atoms with Crippen LogP contribution < -0.4 is 0 Å². The number of hydrogen-bond acceptors (Lipinski definition) is 5. The van der Waals surface area contributed by atoms with E-state index in [1.54, 1.807) is 39.8 Å². The van der Waals surface area contributed by atoms with Gasteiger partial charge in [-0.15, -0.1) is 0 Å². The van der Waals surface area contributed by atoms with E-state index < -0.39 is 17.3 Å². The molecule has 0 fully saturated rings. The van der Waals surface area contributed by atoms with Gasteiger partial charge in [0, 0.05) is 0 Å². The SMILES string of the molecule is CCOC(=O)C(=Cc1ccccc1)C(=O)C(C)(C)N1COC(C)=C(c2ccccc2)C1=O. The minimum Gasteiger partial charge on any atom is -0.477 e. The quantitative estimate of drug-likeness (QED) is 0.283. The van der Waals surface area contributed by atoms with Crippen LogP contribution in [0.2, 0.25) is 0 Å². The zero-order valence-corrected chi connectivity index (χ0v) is 18.8. The van der Waals surface area contributed by atoms with Crippen molar-refractivity contribution < 1.29 is 23.9 Å². The molecular weight excluding hydrogens is 406 g/mol. The summed E-state index contributed by atoms with van der Waals surface area (Å²) < 4.78 is 10.9. The van der Waals surface area contributed by atoms with Crippen molar-refractivity contribution in [1.82, 2.24) is 4.90 Å². The van der Waals surface area contributed by atoms with E-state index >= 15 is 0 Å². The lowest BCUT2D eigenvalue weighted by Crippen LogP contribution is -2.56. The average molecular weight is 434 g/mol. The van der Waals surface area contributed by atoms with Crippen LogP contribution in [-0.4, -0.2) is 41.4 Å². The lowest BCUT2D eigenvalue weighted by Gasteiger charge is -2.40. The van der Waals surface area contributed by atoms with Gasteiger partial charge in [0.1, 0.15) is 16.9 Å². The highest BCUT2D eigenvalue weighted by atomic mass is 16.5. The van der Waals surface area contributed by atoms with Gasteiger partial charge in [0.15, 0.2) is 12.5 Å². The first-order chi connectivity index (χ1) is 15.3. The second-order valence-corrected chi connectivity index (χ2v) is 7.88. The molecule has 166 valence electrons. The van der Waals surface area contributed by atoms with Crippen molar-refractivity contribution in [3.8, 4) is 0 Å². The molecule has 0 N–H and O–H groups in total. The number of ether oxygens (including phenoxy) is 2. The number of allylic oxidation sites excluding steroid dienone is 1. The third kappa shape index (κ3) is 4.64. The molecule has 2 aromatic rings. The van der Waals surface area contributed by atoms with Crippen LogP contribution in [0.15, 0.2) is 72.0 Å². The van der Waals surface area contributed by atoms with E-state index in [-0.39, 0.29) is 24.8 Å². The molecule has 1 amide bonds. The van der Waals surface area contributed by atoms with Crippen LogP contribution in [0.4, 0.5) is 0 Å². The zero-order chi connectivity index (χ0) is 23.3. The van der Waals surface area contributed by atoms with E-state index in [4.69, 9.17) is 9.47 Å². The fraction of sp³-hybridized carbons (Fsp3) is 0.269. The number of benzene rings is 2. The van der Waals surface area contributed by atoms with Gasteiger partial charge in [-0.25, -0.2) is 4.79 Å². The molecule has 0 saturated heterocycles. The van der Waals surface area contributed by atoms with E-state index in [9.17, 15) is 14.4 Å². The molecule has 0 spiro atoms. The standard InChI is InChI=1S/C26H27NO5/c1-5-31-25(30)21(16-19-12-8-6-9-13-19)23(28)26(3,4)27-17-32-18(2)22(24(27)29)20-14-10-7-11-15-20/h6-16H,5,17H2,1-4H3. The average Bonchev–Trinajstić information content (AvgIpc) is 2.78. The summed E-state index contributed by atoms with van der Waals surface area (Å²) in [5.74, 6) is -1.09. The first kappa shape index (κ1) is 23.0. The van der Waals surface area contributed by atoms with Gasteiger partial charge >= 0.3 is 5.97 Å². The Labute approximate surface area is 188 Å². The molecule has 6 nitrogen and oxygen atoms in total. The summed E-state index contributed by atoms with van der Waals surface area (Å²) in [5.41, 5.74) is 0.298. The highest BCUT2D eigenvalue weighted by Crippen LogP contribution is 2.32. The number of hydrogen-bond donors (Lipinski definition) is 0. The van der Waals surface area contributed by atoms with E-state index in [0.717, 1.165) is 0 Å². The number of rotatable bonds is 7. The molecule has 2 aromatic carbocycles. The maximum atomic E-state index is 13.6. The van der Waals surface area contributed by atoms with Crippen LogP contribution in [-0.2, 0) is 23.9 Å². The van der Waals surface area contributed by atoms with E-state index in [0.29, 0.717) is 22.5 Å². The maximum absolute atomic E-state index is 13.6. The number of esters is 1. The van der Waals surface area contributed by atoms with E-state index in [2.05, 4.69) is 0 Å². The second kappa shape index (κ2) is 9.64. The smallest absolute Gasteiger partial charge is 0.341 e. The van der Waals surface area contributed by atoms with E-state index in [1.165, 1.54) is 11.0 Å². The molecule has 0 atom stereocenters. The van der Waals surface area contributed by atoms with Gasteiger partial charge in [-0.2, -0.15) is 0 Å². The first-order valence-electron chi connectivity index (χ1n) is 10.5. The van der Waals surface area contributed by atoms with Gasteiger partial charge < -0.3 is 9.47 Å². The van der Waals surface area contributed by atoms with Crippen molar-refractivity contribution in [1.29, 1.82) is 0 Å². The minimum atomic E-state index is -1.36. The fourth-order valence-electron chi connectivity index (χ4n) is 3.52. The summed E-state index contributed by atoms with van der Waals surface area (Å²) in [6, 6.07) is 18.2. The molecular formula is C26H27NO5. The molecule has 32 heavy (non-hydrogen) atoms. The Bertz CT molecular complexity index is 1070. The Morgan fingerprint density at radius 1 is 1.06 bits per heavy atom. The molecule has 6 heteroatoms. The summed E-state index contributed by atoms with van der Waals surface area (Å²) in [6.45, 7) is 6.66. The maximum Gasteiger partial charge on any atom is 0.341 e. The fourth-order valence-corrected chi connectivity index (χ4v) is 3.52. The van der Waals surface area contributed by atoms with Crippen molar-refractivity contribution in [2.24, 2.45) is 0 Å². The Hall–Kier alpha value is -3.67. The number of ketones is 1. The topological polar surface area (TPSA) is 72.9 Å². The lowest BCUT2D eigenvalue weighted by atomic mass is 9.88. The van der Waals surface area contributed by atoms with Gasteiger partial charge in [0.25, 0.3) is 5.91 Å². The molecule has 0 saturated carbocycles. The third-order valence-electron chi connectivity index (χ3n) is 5.36. The van der Waals surface area contributed by atoms with Crippen molar-refractivity contribution in [3.63, 3.8) is 0 Å². The minimum absolute atomic E-state index is 0.0960. The van der Waals surface area contributed by atoms with Crippen molar-refractivity contribution >= 4 is 29.3 Å². The van der Waals surface area contributed by atoms with Crippen LogP contribution in [0.1, 0.15) is 38.8 Å². The molecule has 1 aliphatic heterocycles. The van der Waals surface area contributed by atoms with Gasteiger partial charge in [-0.1, -0.05) is 60.7 Å². The number of carbonyl (C=O) groups excluding carboxylic acids is 3. The van der Waals surface area contributed by atoms with Crippen LogP contribution in [0, 0.1) is 0 Å². The highest BCUT2D eigenvalue weighted by molar-refractivity contribution is 6.26. The third-order valence-corrected chi connectivity index (χ3v) is 5.36. The number of nitrogens with zero attached hydrogens (tertiary/aromatic N) is 1. The molecule has 0 unspecified atom stereocenters. The van der Waals surface area contributed by atoms with Crippen molar-refractivity contribution in [2.45, 2.75) is 33.2 Å². The van der Waals surface area contributed by atoms with Gasteiger partial charge in [-0.05, 0) is 44.9 Å². The Kier molecular flexibility index (Phi) is 6.93. The molecule has 3 rings (SSSR count). The Balaban J connectivity index is 1.99. The van der Waals surface area contributed by atoms with Gasteiger partial charge in [-0.3, -0.25) is 14.5 Å². The summed E-state index contributed by atoms with van der Waals surface area (Å²) in [6.07, 6.45) is 1.50. The predicted molar refractivity (Wildman–Crippen MR) is 122 cm³/mol. The number of amides is 1. The summed E-state index contributed by atoms with van der Waals surface area (Å²) in [5, 5.41) is 0. The van der Waals surface area contributed by atoms with E-state index in [1.807, 2.05) is 48.5 Å². The summed E-state index contributed by atoms with van der Waals surface area (Å²) >= 11 is 0. The highest BCUT2D eigenvalue weighted by Gasteiger charge is 2.44. The van der Waals surface area contributed by atoms with Crippen LogP contribution >= 0.6 is 0 Å². The molecule has 1 heterocycles. The van der Waals surface area contributed by atoms with Gasteiger partial charge in [0.05, 0.1) is 12.2 Å². The molecule has 0 aliphatic carbocycles. The Morgan fingerprint density at radius 3 is 2.25 bits per heavy atom. The molecule has 0 aromatic heterocycles. The molecule has 0 radical (unpaired) electrons. The van der Waals surface area contributed by atoms with Crippen LogP contribution in [0.5, 0.6) is 0 Å². The summed E-state index contributed by atoms with van der Waals surface area (Å²) in [4.78, 5) is 41.1. The number of carbonyl (C=O) groups is 3. The van der Waals surface area contributed by atoms with Crippen molar-refractivity contribution in [2.75, 3.05) is 13.3 Å². The monoisotopic (exact) mass is 433 g/mol. The summed E-state index contributed by atoms with van der Waals surface area (Å²) in [7, 11) is 0. The van der Waals surface area contributed by atoms with Gasteiger partial charge in [0.2, 0.25) is 0 Å². The molecule has 0 bridgehead atoms. The molecule has 1 aliphatic rings. The van der Waals surface area contributed by atoms with Crippen LogP contribution in [0.3, 0.4) is 0 Å². The zero-order valence-electron chi connectivity index (χ0n) is 18.8. The first-order valence-corrected chi connectivity index (χ1v) is 10.5. The largest absolute Gasteiger partial charge is 0.477 e. The normalized spacial score (nSPS) is 14.8. The second-order valence-electron chi connectivity index (χ2n) is 7.88. The predicted octanol–water partition coefficient (Wildman–Crippen LogP) is 4.23. The lowest BCUT2D eigenvalue weighted by molar-refractivity contribution is -0.149. The Morgan fingerprint density at radius 2 is 1.66 bits per heavy atom. The van der Waals surface area contributed by atoms with Crippen LogP contribution in [0.25, 0.3) is 11.6 Å². The number of Topliss-reactive ketones (excluding diaryl/α,β-unsaturated/α-hetero) is 1. The van der Waals surface area contributed by atoms with Crippen molar-refractivity contribution in [3.05, 3.63) is 83.1 Å².